The lowest BCUT2D eigenvalue weighted by Gasteiger charge is -2.13. The molecule has 5 rings (SSSR count). The molecular weight excluding hydrogens is 508 g/mol. The second-order valence-corrected chi connectivity index (χ2v) is 9.02. The van der Waals surface area contributed by atoms with Crippen LogP contribution in [0.3, 0.4) is 0 Å². The van der Waals surface area contributed by atoms with E-state index in [1.807, 2.05) is 75.0 Å². The van der Waals surface area contributed by atoms with Gasteiger partial charge in [-0.1, -0.05) is 6.07 Å². The summed E-state index contributed by atoms with van der Waals surface area (Å²) in [4.78, 5) is 17.6. The average molecular weight is 541 g/mol. The molecule has 0 bridgehead atoms. The van der Waals surface area contributed by atoms with Crippen molar-refractivity contribution < 1.29 is 19.0 Å². The van der Waals surface area contributed by atoms with Crippen molar-refractivity contribution in [2.24, 2.45) is 0 Å². The molecule has 0 fully saturated rings. The van der Waals surface area contributed by atoms with Gasteiger partial charge in [0, 0.05) is 30.2 Å². The standard InChI is InChI=1S/C30H32N6O4/c1-5-35-18-25(20(4)34-35)26-14-15-31-29-24(17-32-36(26)29)30(37)33-22-9-11-23(12-10-22)40-19-21-8-13-27(38-6-2)28(16-21)39-7-3/h8-18H,5-7,19H2,1-4H3,(H,33,37). The first-order valence-electron chi connectivity index (χ1n) is 13.3. The number of amides is 1. The molecule has 0 saturated carbocycles. The lowest BCUT2D eigenvalue weighted by Crippen LogP contribution is -2.12. The van der Waals surface area contributed by atoms with Gasteiger partial charge >= 0.3 is 0 Å². The summed E-state index contributed by atoms with van der Waals surface area (Å²) in [6.45, 7) is 10.1. The Morgan fingerprint density at radius 3 is 2.45 bits per heavy atom. The Morgan fingerprint density at radius 2 is 1.73 bits per heavy atom. The predicted octanol–water partition coefficient (Wildman–Crippen LogP) is 5.55. The molecule has 3 heterocycles. The van der Waals surface area contributed by atoms with Crippen LogP contribution >= 0.6 is 0 Å². The van der Waals surface area contributed by atoms with Gasteiger partial charge in [-0.05, 0) is 75.7 Å². The minimum atomic E-state index is -0.299. The van der Waals surface area contributed by atoms with E-state index < -0.39 is 0 Å². The van der Waals surface area contributed by atoms with Gasteiger partial charge < -0.3 is 19.5 Å². The van der Waals surface area contributed by atoms with Crippen molar-refractivity contribution in [1.82, 2.24) is 24.4 Å². The summed E-state index contributed by atoms with van der Waals surface area (Å²) < 4.78 is 20.8. The Balaban J connectivity index is 1.26. The SMILES string of the molecule is CCOc1ccc(COc2ccc(NC(=O)c3cnn4c(-c5cn(CC)nc5C)ccnc34)cc2)cc1OCC. The van der Waals surface area contributed by atoms with Gasteiger partial charge in [-0.25, -0.2) is 9.50 Å². The van der Waals surface area contributed by atoms with Crippen molar-refractivity contribution in [2.45, 2.75) is 40.8 Å². The third-order valence-corrected chi connectivity index (χ3v) is 6.32. The van der Waals surface area contributed by atoms with Crippen molar-refractivity contribution in [1.29, 1.82) is 0 Å². The van der Waals surface area contributed by atoms with Crippen molar-refractivity contribution in [3.63, 3.8) is 0 Å². The highest BCUT2D eigenvalue weighted by molar-refractivity contribution is 6.08. The summed E-state index contributed by atoms with van der Waals surface area (Å²) in [5, 5.41) is 11.9. The molecular formula is C30H32N6O4. The molecule has 10 nitrogen and oxygen atoms in total. The van der Waals surface area contributed by atoms with Gasteiger partial charge in [-0.3, -0.25) is 9.48 Å². The van der Waals surface area contributed by atoms with Crippen LogP contribution in [0.2, 0.25) is 0 Å². The largest absolute Gasteiger partial charge is 0.490 e. The predicted molar refractivity (Wildman–Crippen MR) is 152 cm³/mol. The zero-order chi connectivity index (χ0) is 28.1. The van der Waals surface area contributed by atoms with Crippen molar-refractivity contribution in [3.8, 4) is 28.5 Å². The van der Waals surface area contributed by atoms with Crippen molar-refractivity contribution in [3.05, 3.63) is 83.9 Å². The summed E-state index contributed by atoms with van der Waals surface area (Å²) >= 11 is 0. The number of fused-ring (bicyclic) bond motifs is 1. The number of carbonyl (C=O) groups is 1. The van der Waals surface area contributed by atoms with Gasteiger partial charge in [0.05, 0.1) is 30.8 Å². The number of aryl methyl sites for hydroxylation is 2. The summed E-state index contributed by atoms with van der Waals surface area (Å²) in [7, 11) is 0. The fraction of sp³-hybridized carbons (Fsp3) is 0.267. The van der Waals surface area contributed by atoms with E-state index in [0.29, 0.717) is 54.0 Å². The van der Waals surface area contributed by atoms with Crippen LogP contribution in [0, 0.1) is 6.92 Å². The first kappa shape index (κ1) is 26.7. The quantitative estimate of drug-likeness (QED) is 0.234. The van der Waals surface area contributed by atoms with E-state index in [2.05, 4.69) is 20.5 Å². The smallest absolute Gasteiger partial charge is 0.261 e. The number of hydrogen-bond acceptors (Lipinski definition) is 7. The molecule has 40 heavy (non-hydrogen) atoms. The van der Waals surface area contributed by atoms with Crippen LogP contribution in [0.25, 0.3) is 16.9 Å². The van der Waals surface area contributed by atoms with Gasteiger partial charge in [-0.15, -0.1) is 0 Å². The number of nitrogens with one attached hydrogen (secondary N) is 1. The molecule has 206 valence electrons. The van der Waals surface area contributed by atoms with Gasteiger partial charge in [0.1, 0.15) is 17.9 Å². The highest BCUT2D eigenvalue weighted by Gasteiger charge is 2.18. The average Bonchev–Trinajstić information content (AvgIpc) is 3.57. The van der Waals surface area contributed by atoms with Crippen molar-refractivity contribution >= 4 is 17.2 Å². The molecule has 10 heteroatoms. The molecule has 5 aromatic rings. The van der Waals surface area contributed by atoms with Crippen LogP contribution in [-0.4, -0.2) is 43.5 Å². The first-order valence-corrected chi connectivity index (χ1v) is 13.3. The minimum Gasteiger partial charge on any atom is -0.490 e. The number of benzene rings is 2. The number of carbonyl (C=O) groups excluding carboxylic acids is 1. The van der Waals surface area contributed by atoms with E-state index >= 15 is 0 Å². The maximum absolute atomic E-state index is 13.1. The number of nitrogens with zero attached hydrogens (tertiary/aromatic N) is 5. The van der Waals surface area contributed by atoms with Crippen LogP contribution < -0.4 is 19.5 Å². The van der Waals surface area contributed by atoms with E-state index in [0.717, 1.165) is 29.1 Å². The molecule has 2 aromatic carbocycles. The highest BCUT2D eigenvalue weighted by Crippen LogP contribution is 2.29. The molecule has 0 atom stereocenters. The summed E-state index contributed by atoms with van der Waals surface area (Å²) in [6.07, 6.45) is 5.19. The van der Waals surface area contributed by atoms with E-state index in [4.69, 9.17) is 14.2 Å². The lowest BCUT2D eigenvalue weighted by atomic mass is 10.2. The Labute approximate surface area is 232 Å². The third kappa shape index (κ3) is 5.61. The summed E-state index contributed by atoms with van der Waals surface area (Å²) in [6, 6.07) is 14.9. The Hall–Kier alpha value is -4.86. The molecule has 0 aliphatic carbocycles. The molecule has 0 radical (unpaired) electrons. The molecule has 0 aliphatic rings. The summed E-state index contributed by atoms with van der Waals surface area (Å²) in [5.41, 5.74) is 5.09. The molecule has 0 saturated heterocycles. The normalized spacial score (nSPS) is 11.0. The molecule has 0 unspecified atom stereocenters. The fourth-order valence-corrected chi connectivity index (χ4v) is 4.37. The number of rotatable bonds is 11. The number of hydrogen-bond donors (Lipinski definition) is 1. The Bertz CT molecular complexity index is 1620. The number of anilines is 1. The topological polar surface area (TPSA) is 105 Å². The number of aromatic nitrogens is 5. The zero-order valence-electron chi connectivity index (χ0n) is 23.0. The third-order valence-electron chi connectivity index (χ3n) is 6.32. The van der Waals surface area contributed by atoms with Gasteiger partial charge in [0.2, 0.25) is 0 Å². The Morgan fingerprint density at radius 1 is 0.950 bits per heavy atom. The number of ether oxygens (including phenoxy) is 3. The second kappa shape index (κ2) is 11.9. The monoisotopic (exact) mass is 540 g/mol. The molecule has 1 N–H and O–H groups in total. The highest BCUT2D eigenvalue weighted by atomic mass is 16.5. The minimum absolute atomic E-state index is 0.299. The van der Waals surface area contributed by atoms with Gasteiger partial charge in [0.15, 0.2) is 17.1 Å². The maximum atomic E-state index is 13.1. The maximum Gasteiger partial charge on any atom is 0.261 e. The fourth-order valence-electron chi connectivity index (χ4n) is 4.37. The Kier molecular flexibility index (Phi) is 7.95. The van der Waals surface area contributed by atoms with E-state index in [1.165, 1.54) is 6.20 Å². The van der Waals surface area contributed by atoms with Crippen LogP contribution in [-0.2, 0) is 13.2 Å². The molecule has 1 amide bonds. The van der Waals surface area contributed by atoms with E-state index in [1.54, 1.807) is 22.8 Å². The molecule has 0 aliphatic heterocycles. The molecule has 0 spiro atoms. The van der Waals surface area contributed by atoms with Crippen LogP contribution in [0.5, 0.6) is 17.2 Å². The van der Waals surface area contributed by atoms with Crippen LogP contribution in [0.1, 0.15) is 42.4 Å². The van der Waals surface area contributed by atoms with Crippen molar-refractivity contribution in [2.75, 3.05) is 18.5 Å². The van der Waals surface area contributed by atoms with Crippen LogP contribution in [0.15, 0.2) is 67.1 Å². The first-order chi connectivity index (χ1) is 19.5. The van der Waals surface area contributed by atoms with Crippen LogP contribution in [0.4, 0.5) is 5.69 Å². The second-order valence-electron chi connectivity index (χ2n) is 9.02. The lowest BCUT2D eigenvalue weighted by molar-refractivity contribution is 0.102. The van der Waals surface area contributed by atoms with E-state index in [9.17, 15) is 4.79 Å². The van der Waals surface area contributed by atoms with Gasteiger partial charge in [-0.2, -0.15) is 10.2 Å². The summed E-state index contributed by atoms with van der Waals surface area (Å²) in [5.74, 6) is 1.79. The molecule has 3 aromatic heterocycles. The zero-order valence-corrected chi connectivity index (χ0v) is 23.0. The van der Waals surface area contributed by atoms with E-state index in [-0.39, 0.29) is 5.91 Å². The van der Waals surface area contributed by atoms with Gasteiger partial charge in [0.25, 0.3) is 5.91 Å².